The van der Waals surface area contributed by atoms with Crippen molar-refractivity contribution >= 4 is 0 Å². The molecule has 0 spiro atoms. The molecule has 0 fully saturated rings. The van der Waals surface area contributed by atoms with Gasteiger partial charge in [0.1, 0.15) is 0 Å². The Bertz CT molecular complexity index is 370. The van der Waals surface area contributed by atoms with Crippen LogP contribution in [0.25, 0.3) is 0 Å². The van der Waals surface area contributed by atoms with Gasteiger partial charge in [0.15, 0.2) is 0 Å². The molecule has 2 heteroatoms. The van der Waals surface area contributed by atoms with Crippen LogP contribution in [0, 0.1) is 11.1 Å². The van der Waals surface area contributed by atoms with Crippen LogP contribution in [0.4, 0.5) is 0 Å². The summed E-state index contributed by atoms with van der Waals surface area (Å²) in [6, 6.07) is 0. The summed E-state index contributed by atoms with van der Waals surface area (Å²) in [6.07, 6.45) is 39.4. The highest BCUT2D eigenvalue weighted by Crippen LogP contribution is 2.21. The largest absolute Gasteiger partial charge is 0.785 e. The van der Waals surface area contributed by atoms with E-state index in [-0.39, 0.29) is 0 Å². The fraction of sp³-hybridized carbons (Fsp3) is 1.00. The minimum Gasteiger partial charge on any atom is -0.785 e. The molecule has 0 rings (SSSR count). The maximum absolute atomic E-state index is 11.6. The highest BCUT2D eigenvalue weighted by Gasteiger charge is 2.08. The first-order valence-corrected chi connectivity index (χ1v) is 16.6. The molecule has 0 aliphatic heterocycles. The van der Waals surface area contributed by atoms with Gasteiger partial charge in [0.05, 0.1) is 0 Å². The third-order valence-electron chi connectivity index (χ3n) is 7.95. The van der Waals surface area contributed by atoms with Crippen molar-refractivity contribution in [1.29, 1.82) is 0 Å². The lowest BCUT2D eigenvalue weighted by molar-refractivity contribution is 0.307. The number of nitrogens with zero attached hydrogens (tertiary/aromatic N) is 1. The number of unbranched alkanes of at least 4 members (excludes halogenated alkanes) is 24. The van der Waals surface area contributed by atoms with Gasteiger partial charge in [-0.05, 0) is 32.4 Å². The van der Waals surface area contributed by atoms with Gasteiger partial charge in [-0.15, -0.1) is 0 Å². The summed E-state index contributed by atoms with van der Waals surface area (Å²) >= 11 is 0. The van der Waals surface area contributed by atoms with E-state index in [1.54, 1.807) is 7.05 Å². The van der Waals surface area contributed by atoms with Gasteiger partial charge in [-0.1, -0.05) is 181 Å². The van der Waals surface area contributed by atoms with E-state index < -0.39 is 0 Å². The van der Waals surface area contributed by atoms with Gasteiger partial charge in [-0.3, -0.25) is 0 Å². The predicted molar refractivity (Wildman–Crippen MR) is 160 cm³/mol. The van der Waals surface area contributed by atoms with Gasteiger partial charge in [-0.2, -0.15) is 0 Å². The zero-order valence-corrected chi connectivity index (χ0v) is 24.9. The molecule has 0 aromatic carbocycles. The summed E-state index contributed by atoms with van der Waals surface area (Å²) in [4.78, 5) is 0. The maximum atomic E-state index is 11.6. The molecule has 0 saturated carbocycles. The van der Waals surface area contributed by atoms with Gasteiger partial charge >= 0.3 is 0 Å². The number of rotatable bonds is 30. The van der Waals surface area contributed by atoms with Crippen LogP contribution < -0.4 is 0 Å². The Morgan fingerprint density at radius 2 is 0.629 bits per heavy atom. The molecule has 0 aliphatic rings. The number of hydrogen-bond donors (Lipinski definition) is 0. The summed E-state index contributed by atoms with van der Waals surface area (Å²) in [6.45, 7) is 5.34. The van der Waals surface area contributed by atoms with Crippen LogP contribution in [-0.2, 0) is 0 Å². The van der Waals surface area contributed by atoms with Gasteiger partial charge in [-0.25, -0.2) is 0 Å². The molecule has 0 bridgehead atoms. The third kappa shape index (κ3) is 30.0. The molecule has 212 valence electrons. The summed E-state index contributed by atoms with van der Waals surface area (Å²) in [5.41, 5.74) is 0. The molecule has 0 aliphatic carbocycles. The number of hydroxylamine groups is 2. The lowest BCUT2D eigenvalue weighted by atomic mass is 9.94. The van der Waals surface area contributed by atoms with Crippen molar-refractivity contribution in [2.45, 2.75) is 194 Å². The van der Waals surface area contributed by atoms with Crippen molar-refractivity contribution in [1.82, 2.24) is 5.06 Å². The van der Waals surface area contributed by atoms with Gasteiger partial charge in [0.25, 0.3) is 0 Å². The van der Waals surface area contributed by atoms with Crippen LogP contribution in [0.15, 0.2) is 0 Å². The van der Waals surface area contributed by atoms with Crippen molar-refractivity contribution < 1.29 is 0 Å². The lowest BCUT2D eigenvalue weighted by Gasteiger charge is -2.28. The normalized spacial score (nSPS) is 12.6. The molecule has 0 radical (unpaired) electrons. The van der Waals surface area contributed by atoms with E-state index in [4.69, 9.17) is 0 Å². The van der Waals surface area contributed by atoms with E-state index in [1.807, 2.05) is 0 Å². The van der Waals surface area contributed by atoms with Crippen LogP contribution >= 0.6 is 0 Å². The highest BCUT2D eigenvalue weighted by atomic mass is 16.5. The van der Waals surface area contributed by atoms with Crippen LogP contribution in [-0.4, -0.2) is 18.7 Å². The Morgan fingerprint density at radius 3 is 0.857 bits per heavy atom. The van der Waals surface area contributed by atoms with Crippen molar-refractivity contribution in [2.24, 2.45) is 5.92 Å². The topological polar surface area (TPSA) is 26.3 Å². The molecule has 0 amide bonds. The Kier molecular flexibility index (Phi) is 30.1. The van der Waals surface area contributed by atoms with E-state index in [9.17, 15) is 5.21 Å². The average Bonchev–Trinajstić information content (AvgIpc) is 2.84. The Morgan fingerprint density at radius 1 is 0.400 bits per heavy atom. The Balaban J connectivity index is 3.49. The molecular weight excluding hydrogens is 426 g/mol. The van der Waals surface area contributed by atoms with Gasteiger partial charge in [0.2, 0.25) is 0 Å². The quantitative estimate of drug-likeness (QED) is 0.0732. The summed E-state index contributed by atoms with van der Waals surface area (Å²) in [5.74, 6) is 0.623. The molecule has 2 nitrogen and oxygen atoms in total. The van der Waals surface area contributed by atoms with Crippen LogP contribution in [0.3, 0.4) is 0 Å². The predicted octanol–water partition coefficient (Wildman–Crippen LogP) is 12.0. The van der Waals surface area contributed by atoms with E-state index in [0.29, 0.717) is 5.92 Å². The van der Waals surface area contributed by atoms with Crippen molar-refractivity contribution in [3.05, 3.63) is 5.21 Å². The Labute approximate surface area is 223 Å². The average molecular weight is 495 g/mol. The maximum Gasteiger partial charge on any atom is -0.0118 e. The van der Waals surface area contributed by atoms with Crippen molar-refractivity contribution in [3.63, 3.8) is 0 Å². The van der Waals surface area contributed by atoms with Crippen molar-refractivity contribution in [3.8, 4) is 0 Å². The SMILES string of the molecule is CCCCCCCCCCCCCCCCC(CCCCCCCCCCCCCC)CN(C)[O-]. The fourth-order valence-corrected chi connectivity index (χ4v) is 5.59. The second kappa shape index (κ2) is 30.1. The molecule has 0 saturated heterocycles. The molecular formula is C33H68NO-. The monoisotopic (exact) mass is 495 g/mol. The second-order valence-electron chi connectivity index (χ2n) is 11.7. The van der Waals surface area contributed by atoms with E-state index in [2.05, 4.69) is 13.8 Å². The van der Waals surface area contributed by atoms with E-state index in [0.717, 1.165) is 6.54 Å². The molecule has 0 aromatic rings. The zero-order chi connectivity index (χ0) is 25.7. The summed E-state index contributed by atoms with van der Waals surface area (Å²) < 4.78 is 0. The zero-order valence-electron chi connectivity index (χ0n) is 24.9. The first-order chi connectivity index (χ1) is 17.2. The smallest absolute Gasteiger partial charge is 0.0118 e. The Hall–Kier alpha value is -0.0800. The molecule has 35 heavy (non-hydrogen) atoms. The van der Waals surface area contributed by atoms with Gasteiger partial charge in [0, 0.05) is 0 Å². The van der Waals surface area contributed by atoms with Gasteiger partial charge < -0.3 is 10.3 Å². The molecule has 0 aromatic heterocycles. The summed E-state index contributed by atoms with van der Waals surface area (Å²) in [7, 11) is 1.71. The number of hydrogen-bond acceptors (Lipinski definition) is 2. The highest BCUT2D eigenvalue weighted by molar-refractivity contribution is 4.65. The minimum atomic E-state index is 0.623. The first kappa shape index (κ1) is 34.9. The molecule has 1 unspecified atom stereocenters. The lowest BCUT2D eigenvalue weighted by Crippen LogP contribution is -2.20. The summed E-state index contributed by atoms with van der Waals surface area (Å²) in [5, 5.41) is 12.8. The minimum absolute atomic E-state index is 0.623. The fourth-order valence-electron chi connectivity index (χ4n) is 5.59. The second-order valence-corrected chi connectivity index (χ2v) is 11.7. The molecule has 0 N–H and O–H groups in total. The molecule has 1 atom stereocenters. The van der Waals surface area contributed by atoms with Crippen LogP contribution in [0.1, 0.15) is 194 Å². The standard InChI is InChI=1S/C33H68NO/c1-4-6-8-10-12-14-16-18-19-21-23-25-27-29-31-33(32-34(3)35)30-28-26-24-22-20-17-15-13-11-9-7-5-2/h33H,4-32H2,1-3H3/q-1. The third-order valence-corrected chi connectivity index (χ3v) is 7.95. The first-order valence-electron chi connectivity index (χ1n) is 16.6. The van der Waals surface area contributed by atoms with E-state index >= 15 is 0 Å². The van der Waals surface area contributed by atoms with Crippen LogP contribution in [0.5, 0.6) is 0 Å². The molecule has 0 heterocycles. The van der Waals surface area contributed by atoms with Crippen LogP contribution in [0.2, 0.25) is 0 Å². The van der Waals surface area contributed by atoms with E-state index in [1.165, 1.54) is 185 Å². The van der Waals surface area contributed by atoms with Crippen molar-refractivity contribution in [2.75, 3.05) is 13.6 Å².